The van der Waals surface area contributed by atoms with Gasteiger partial charge >= 0.3 is 17.9 Å². The summed E-state index contributed by atoms with van der Waals surface area (Å²) in [6.07, 6.45) is 0.598. The van der Waals surface area contributed by atoms with Crippen LogP contribution in [0, 0.1) is 0 Å². The van der Waals surface area contributed by atoms with Gasteiger partial charge < -0.3 is 9.47 Å². The minimum absolute atomic E-state index is 0.277. The topological polar surface area (TPSA) is 69.7 Å². The van der Waals surface area contributed by atoms with Gasteiger partial charge in [-0.25, -0.2) is 9.59 Å². The Balaban J connectivity index is 2.52. The lowest BCUT2D eigenvalue weighted by molar-refractivity contribution is -0.151. The van der Waals surface area contributed by atoms with Gasteiger partial charge in [-0.15, -0.1) is 0 Å². The van der Waals surface area contributed by atoms with Crippen molar-refractivity contribution in [3.05, 3.63) is 11.1 Å². The van der Waals surface area contributed by atoms with Gasteiger partial charge in [0, 0.05) is 18.1 Å². The van der Waals surface area contributed by atoms with Crippen molar-refractivity contribution in [2.45, 2.75) is 39.7 Å². The fraction of sp³-hybridized carbons (Fsp3) is 0.545. The predicted molar refractivity (Wildman–Crippen MR) is 54.3 cm³/mol. The van der Waals surface area contributed by atoms with Crippen molar-refractivity contribution < 1.29 is 23.9 Å². The van der Waals surface area contributed by atoms with Gasteiger partial charge in [-0.2, -0.15) is 0 Å². The third-order valence-corrected chi connectivity index (χ3v) is 2.36. The molecule has 0 unspecified atom stereocenters. The van der Waals surface area contributed by atoms with Crippen LogP contribution >= 0.6 is 0 Å². The lowest BCUT2D eigenvalue weighted by Crippen LogP contribution is -2.13. The van der Waals surface area contributed by atoms with E-state index in [1.54, 1.807) is 13.8 Å². The number of ether oxygens (including phenoxy) is 2. The van der Waals surface area contributed by atoms with E-state index in [-0.39, 0.29) is 12.1 Å². The van der Waals surface area contributed by atoms with E-state index in [0.29, 0.717) is 24.0 Å². The van der Waals surface area contributed by atoms with Gasteiger partial charge in [-0.1, -0.05) is 0 Å². The molecule has 5 heteroatoms. The molecule has 0 spiro atoms. The molecule has 5 nitrogen and oxygen atoms in total. The predicted octanol–water partition coefficient (Wildman–Crippen LogP) is 1.12. The molecule has 0 bridgehead atoms. The molecule has 1 atom stereocenters. The van der Waals surface area contributed by atoms with E-state index in [1.165, 1.54) is 6.92 Å². The maximum atomic E-state index is 11.2. The zero-order valence-electron chi connectivity index (χ0n) is 9.53. The molecule has 0 saturated heterocycles. The first-order valence-electron chi connectivity index (χ1n) is 5.05. The number of carbonyl (C=O) groups excluding carboxylic acids is 3. The average molecular weight is 226 g/mol. The highest BCUT2D eigenvalue weighted by Crippen LogP contribution is 2.22. The summed E-state index contributed by atoms with van der Waals surface area (Å²) >= 11 is 0. The molecule has 16 heavy (non-hydrogen) atoms. The molecule has 0 amide bonds. The van der Waals surface area contributed by atoms with Gasteiger partial charge in [0.05, 0.1) is 6.10 Å². The second-order valence-electron chi connectivity index (χ2n) is 3.74. The molecular weight excluding hydrogens is 212 g/mol. The molecule has 0 aromatic rings. The maximum absolute atomic E-state index is 11.2. The van der Waals surface area contributed by atoms with E-state index in [4.69, 9.17) is 4.74 Å². The Morgan fingerprint density at radius 2 is 2.00 bits per heavy atom. The molecule has 1 rings (SSSR count). The number of hydrogen-bond donors (Lipinski definition) is 0. The summed E-state index contributed by atoms with van der Waals surface area (Å²) in [6.45, 7) is 4.62. The molecule has 1 aliphatic heterocycles. The fourth-order valence-electron chi connectivity index (χ4n) is 1.48. The molecule has 1 aliphatic rings. The zero-order chi connectivity index (χ0) is 12.3. The summed E-state index contributed by atoms with van der Waals surface area (Å²) in [7, 11) is 0. The van der Waals surface area contributed by atoms with E-state index in [9.17, 15) is 14.4 Å². The molecule has 0 radical (unpaired) electrons. The van der Waals surface area contributed by atoms with E-state index < -0.39 is 11.9 Å². The molecule has 88 valence electrons. The molecule has 0 saturated carbocycles. The van der Waals surface area contributed by atoms with Gasteiger partial charge in [-0.05, 0) is 26.7 Å². The lowest BCUT2D eigenvalue weighted by atomic mass is 10.0. The minimum Gasteiger partial charge on any atom is -0.463 e. The Morgan fingerprint density at radius 3 is 2.44 bits per heavy atom. The highest BCUT2D eigenvalue weighted by Gasteiger charge is 2.29. The minimum atomic E-state index is -0.586. The Bertz CT molecular complexity index is 367. The van der Waals surface area contributed by atoms with Crippen LogP contribution in [0.2, 0.25) is 0 Å². The summed E-state index contributed by atoms with van der Waals surface area (Å²) < 4.78 is 9.35. The van der Waals surface area contributed by atoms with Gasteiger partial charge in [-0.3, -0.25) is 4.79 Å². The summed E-state index contributed by atoms with van der Waals surface area (Å²) in [4.78, 5) is 32.9. The van der Waals surface area contributed by atoms with Crippen molar-refractivity contribution in [2.24, 2.45) is 0 Å². The van der Waals surface area contributed by atoms with Crippen molar-refractivity contribution >= 4 is 17.9 Å². The van der Waals surface area contributed by atoms with Gasteiger partial charge in [0.1, 0.15) is 0 Å². The fourth-order valence-corrected chi connectivity index (χ4v) is 1.48. The van der Waals surface area contributed by atoms with Gasteiger partial charge in [0.2, 0.25) is 0 Å². The van der Waals surface area contributed by atoms with E-state index in [1.807, 2.05) is 0 Å². The molecular formula is C11H14O5. The average Bonchev–Trinajstić information content (AvgIpc) is 2.38. The number of carbonyl (C=O) groups is 3. The van der Waals surface area contributed by atoms with Crippen LogP contribution < -0.4 is 0 Å². The van der Waals surface area contributed by atoms with Crippen LogP contribution in [-0.4, -0.2) is 24.0 Å². The molecule has 0 aliphatic carbocycles. The quantitative estimate of drug-likeness (QED) is 0.530. The second-order valence-corrected chi connectivity index (χ2v) is 3.74. The summed E-state index contributed by atoms with van der Waals surface area (Å²) in [5.41, 5.74) is 0.726. The van der Waals surface area contributed by atoms with E-state index in [0.717, 1.165) is 0 Å². The van der Waals surface area contributed by atoms with Crippen LogP contribution in [0.4, 0.5) is 0 Å². The summed E-state index contributed by atoms with van der Waals surface area (Å²) in [5.74, 6) is -1.53. The second kappa shape index (κ2) is 4.92. The van der Waals surface area contributed by atoms with Crippen LogP contribution in [-0.2, 0) is 23.9 Å². The summed E-state index contributed by atoms with van der Waals surface area (Å²) in [6, 6.07) is 0. The Hall–Kier alpha value is -1.65. The SMILES string of the molecule is CC(=O)O[C@H](C)CCC1=C(C)C(=O)OC1=O. The normalized spacial score (nSPS) is 17.4. The number of rotatable bonds is 4. The number of cyclic esters (lactones) is 2. The highest BCUT2D eigenvalue weighted by atomic mass is 16.6. The smallest absolute Gasteiger partial charge is 0.342 e. The Morgan fingerprint density at radius 1 is 1.38 bits per heavy atom. The maximum Gasteiger partial charge on any atom is 0.342 e. The standard InChI is InChI=1S/C11H14O5/c1-6(15-8(3)12)4-5-9-7(2)10(13)16-11(9)14/h6H,4-5H2,1-3H3/t6-/m1/s1. The first-order valence-corrected chi connectivity index (χ1v) is 5.05. The first kappa shape index (κ1) is 12.4. The van der Waals surface area contributed by atoms with Crippen LogP contribution in [0.5, 0.6) is 0 Å². The largest absolute Gasteiger partial charge is 0.463 e. The first-order chi connectivity index (χ1) is 7.41. The van der Waals surface area contributed by atoms with Crippen LogP contribution in [0.25, 0.3) is 0 Å². The van der Waals surface area contributed by atoms with Crippen LogP contribution in [0.3, 0.4) is 0 Å². The molecule has 0 fully saturated rings. The molecule has 0 aromatic carbocycles. The lowest BCUT2D eigenvalue weighted by Gasteiger charge is -2.10. The van der Waals surface area contributed by atoms with Gasteiger partial charge in [0.25, 0.3) is 0 Å². The Kier molecular flexibility index (Phi) is 3.82. The zero-order valence-corrected chi connectivity index (χ0v) is 9.53. The van der Waals surface area contributed by atoms with E-state index >= 15 is 0 Å². The van der Waals surface area contributed by atoms with Crippen molar-refractivity contribution in [2.75, 3.05) is 0 Å². The molecule has 0 aromatic heterocycles. The van der Waals surface area contributed by atoms with Crippen molar-refractivity contribution in [1.82, 2.24) is 0 Å². The summed E-state index contributed by atoms with van der Waals surface area (Å²) in [5, 5.41) is 0. The number of esters is 3. The van der Waals surface area contributed by atoms with Crippen LogP contribution in [0.1, 0.15) is 33.6 Å². The highest BCUT2D eigenvalue weighted by molar-refractivity contribution is 6.11. The third kappa shape index (κ3) is 2.92. The molecule has 0 N–H and O–H groups in total. The van der Waals surface area contributed by atoms with Crippen LogP contribution in [0.15, 0.2) is 11.1 Å². The Labute approximate surface area is 93.4 Å². The number of hydrogen-bond acceptors (Lipinski definition) is 5. The van der Waals surface area contributed by atoms with Crippen molar-refractivity contribution in [3.63, 3.8) is 0 Å². The van der Waals surface area contributed by atoms with Gasteiger partial charge in [0.15, 0.2) is 0 Å². The monoisotopic (exact) mass is 226 g/mol. The van der Waals surface area contributed by atoms with Crippen molar-refractivity contribution in [3.8, 4) is 0 Å². The molecule has 1 heterocycles. The third-order valence-electron chi connectivity index (χ3n) is 2.36. The van der Waals surface area contributed by atoms with E-state index in [2.05, 4.69) is 4.74 Å². The van der Waals surface area contributed by atoms with Crippen molar-refractivity contribution in [1.29, 1.82) is 0 Å².